The van der Waals surface area contributed by atoms with Crippen LogP contribution in [-0.2, 0) is 22.5 Å². The lowest BCUT2D eigenvalue weighted by atomic mass is 10.2. The predicted octanol–water partition coefficient (Wildman–Crippen LogP) is 3.38. The number of ether oxygens (including phenoxy) is 1. The van der Waals surface area contributed by atoms with Crippen LogP contribution in [0.4, 0.5) is 5.69 Å². The van der Waals surface area contributed by atoms with Gasteiger partial charge in [0.1, 0.15) is 21.9 Å². The zero-order valence-electron chi connectivity index (χ0n) is 17.0. The molecule has 0 spiro atoms. The van der Waals surface area contributed by atoms with Gasteiger partial charge in [-0.15, -0.1) is 11.3 Å². The zero-order chi connectivity index (χ0) is 22.0. The fourth-order valence-corrected chi connectivity index (χ4v) is 4.32. The van der Waals surface area contributed by atoms with Crippen molar-refractivity contribution in [1.82, 2.24) is 14.5 Å². The lowest BCUT2D eigenvalue weighted by molar-refractivity contribution is -0.116. The van der Waals surface area contributed by atoms with E-state index in [0.29, 0.717) is 40.3 Å². The third-order valence-corrected chi connectivity index (χ3v) is 5.82. The highest BCUT2D eigenvalue weighted by molar-refractivity contribution is 7.25. The Balaban J connectivity index is 1.60. The van der Waals surface area contributed by atoms with Crippen molar-refractivity contribution in [2.75, 3.05) is 11.9 Å². The maximum absolute atomic E-state index is 13.1. The van der Waals surface area contributed by atoms with Crippen LogP contribution < -0.4 is 10.9 Å². The summed E-state index contributed by atoms with van der Waals surface area (Å²) in [6.07, 6.45) is 2.18. The summed E-state index contributed by atoms with van der Waals surface area (Å²) in [4.78, 5) is 47.2. The topological polar surface area (TPSA) is 103 Å². The van der Waals surface area contributed by atoms with E-state index in [2.05, 4.69) is 15.3 Å². The van der Waals surface area contributed by atoms with E-state index in [-0.39, 0.29) is 18.0 Å². The molecule has 0 saturated heterocycles. The molecule has 1 aromatic carbocycles. The van der Waals surface area contributed by atoms with E-state index in [0.717, 1.165) is 10.2 Å². The van der Waals surface area contributed by atoms with Gasteiger partial charge in [-0.05, 0) is 43.3 Å². The van der Waals surface area contributed by atoms with Crippen LogP contribution >= 0.6 is 11.3 Å². The number of carbonyl (C=O) groups excluding carboxylic acids is 2. The maximum atomic E-state index is 13.1. The Morgan fingerprint density at radius 1 is 1.16 bits per heavy atom. The highest BCUT2D eigenvalue weighted by Crippen LogP contribution is 2.28. The lowest BCUT2D eigenvalue weighted by Gasteiger charge is -2.12. The molecular formula is C22H20N4O4S. The van der Waals surface area contributed by atoms with Crippen LogP contribution in [-0.4, -0.2) is 33.0 Å². The minimum absolute atomic E-state index is 0.160. The molecule has 0 bridgehead atoms. The molecular weight excluding hydrogens is 416 g/mol. The number of esters is 1. The fraction of sp³-hybridized carbons (Fsp3) is 0.227. The summed E-state index contributed by atoms with van der Waals surface area (Å²) in [5, 5.41) is 3.59. The monoisotopic (exact) mass is 436 g/mol. The second-order valence-electron chi connectivity index (χ2n) is 6.75. The Bertz CT molecular complexity index is 1340. The van der Waals surface area contributed by atoms with Crippen molar-refractivity contribution in [2.24, 2.45) is 0 Å². The lowest BCUT2D eigenvalue weighted by Crippen LogP contribution is -2.30. The molecule has 9 heteroatoms. The van der Waals surface area contributed by atoms with Crippen LogP contribution in [0.1, 0.15) is 30.0 Å². The van der Waals surface area contributed by atoms with Crippen molar-refractivity contribution in [3.63, 3.8) is 0 Å². The van der Waals surface area contributed by atoms with E-state index in [4.69, 9.17) is 4.74 Å². The van der Waals surface area contributed by atoms with Crippen molar-refractivity contribution in [2.45, 2.75) is 26.8 Å². The quantitative estimate of drug-likeness (QED) is 0.465. The van der Waals surface area contributed by atoms with Gasteiger partial charge in [0.15, 0.2) is 0 Å². The fourth-order valence-electron chi connectivity index (χ4n) is 3.29. The number of thiophene rings is 1. The first-order chi connectivity index (χ1) is 15.0. The number of aromatic nitrogens is 3. The number of hydrogen-bond acceptors (Lipinski definition) is 7. The molecule has 31 heavy (non-hydrogen) atoms. The Kier molecular flexibility index (Phi) is 5.77. The molecule has 158 valence electrons. The first kappa shape index (κ1) is 20.7. The zero-order valence-corrected chi connectivity index (χ0v) is 17.9. The number of anilines is 1. The second kappa shape index (κ2) is 8.65. The molecule has 0 aliphatic rings. The minimum atomic E-state index is -0.420. The largest absolute Gasteiger partial charge is 0.462 e. The molecule has 0 aliphatic carbocycles. The average molecular weight is 436 g/mol. The number of aryl methyl sites for hydroxylation is 1. The van der Waals surface area contributed by atoms with E-state index in [1.165, 1.54) is 15.9 Å². The smallest absolute Gasteiger partial charge is 0.338 e. The Morgan fingerprint density at radius 3 is 2.65 bits per heavy atom. The summed E-state index contributed by atoms with van der Waals surface area (Å²) in [7, 11) is 0. The Labute approximate surface area is 181 Å². The first-order valence-electron chi connectivity index (χ1n) is 9.85. The van der Waals surface area contributed by atoms with Gasteiger partial charge in [0, 0.05) is 23.7 Å². The highest BCUT2D eigenvalue weighted by Gasteiger charge is 2.17. The number of nitrogens with zero attached hydrogens (tertiary/aromatic N) is 3. The van der Waals surface area contributed by atoms with E-state index in [1.54, 1.807) is 37.4 Å². The SMILES string of the molecule is CCOC(=O)c1ccc(NC(=O)Cn2c(CC)nc3c(sc4ncccc43)c2=O)cc1. The predicted molar refractivity (Wildman–Crippen MR) is 120 cm³/mol. The van der Waals surface area contributed by atoms with Gasteiger partial charge in [-0.25, -0.2) is 14.8 Å². The van der Waals surface area contributed by atoms with Crippen LogP contribution in [0.2, 0.25) is 0 Å². The van der Waals surface area contributed by atoms with Gasteiger partial charge in [-0.1, -0.05) is 6.92 Å². The van der Waals surface area contributed by atoms with Crippen LogP contribution in [0, 0.1) is 0 Å². The Hall–Kier alpha value is -3.59. The van der Waals surface area contributed by atoms with Crippen molar-refractivity contribution in [1.29, 1.82) is 0 Å². The summed E-state index contributed by atoms with van der Waals surface area (Å²) in [5.74, 6) is -0.244. The van der Waals surface area contributed by atoms with Gasteiger partial charge < -0.3 is 10.1 Å². The standard InChI is InChI=1S/C22H20N4O4S/c1-3-16-25-18-15-6-5-11-23-20(15)31-19(18)21(28)26(16)12-17(27)24-14-9-7-13(8-10-14)22(29)30-4-2/h5-11H,3-4,12H2,1-2H3,(H,24,27). The third-order valence-electron chi connectivity index (χ3n) is 4.73. The van der Waals surface area contributed by atoms with E-state index in [9.17, 15) is 14.4 Å². The molecule has 8 nitrogen and oxygen atoms in total. The van der Waals surface area contributed by atoms with Gasteiger partial charge in [0.05, 0.1) is 17.7 Å². The summed E-state index contributed by atoms with van der Waals surface area (Å²) >= 11 is 1.28. The molecule has 0 radical (unpaired) electrons. The summed E-state index contributed by atoms with van der Waals surface area (Å²) in [6.45, 7) is 3.76. The van der Waals surface area contributed by atoms with Gasteiger partial charge in [-0.2, -0.15) is 0 Å². The molecule has 0 aliphatic heterocycles. The molecule has 4 aromatic rings. The minimum Gasteiger partial charge on any atom is -0.462 e. The molecule has 1 amide bonds. The van der Waals surface area contributed by atoms with Gasteiger partial charge >= 0.3 is 5.97 Å². The molecule has 1 N–H and O–H groups in total. The molecule has 3 aromatic heterocycles. The van der Waals surface area contributed by atoms with Crippen molar-refractivity contribution < 1.29 is 14.3 Å². The van der Waals surface area contributed by atoms with E-state index >= 15 is 0 Å². The normalized spacial score (nSPS) is 11.0. The van der Waals surface area contributed by atoms with Gasteiger partial charge in [-0.3, -0.25) is 14.2 Å². The van der Waals surface area contributed by atoms with Crippen LogP contribution in [0.5, 0.6) is 0 Å². The average Bonchev–Trinajstić information content (AvgIpc) is 3.15. The van der Waals surface area contributed by atoms with Crippen molar-refractivity contribution in [3.05, 3.63) is 64.3 Å². The molecule has 0 fully saturated rings. The van der Waals surface area contributed by atoms with Gasteiger partial charge in [0.2, 0.25) is 5.91 Å². The number of carbonyl (C=O) groups is 2. The highest BCUT2D eigenvalue weighted by atomic mass is 32.1. The van der Waals surface area contributed by atoms with Crippen LogP contribution in [0.15, 0.2) is 47.4 Å². The number of fused-ring (bicyclic) bond motifs is 3. The van der Waals surface area contributed by atoms with Crippen molar-refractivity contribution >= 4 is 49.3 Å². The summed E-state index contributed by atoms with van der Waals surface area (Å²) in [6, 6.07) is 10.1. The number of amides is 1. The van der Waals surface area contributed by atoms with E-state index in [1.807, 2.05) is 19.1 Å². The number of pyridine rings is 1. The van der Waals surface area contributed by atoms with Crippen molar-refractivity contribution in [3.8, 4) is 0 Å². The second-order valence-corrected chi connectivity index (χ2v) is 7.75. The van der Waals surface area contributed by atoms with Gasteiger partial charge in [0.25, 0.3) is 5.56 Å². The molecule has 3 heterocycles. The Morgan fingerprint density at radius 2 is 1.94 bits per heavy atom. The number of benzene rings is 1. The maximum Gasteiger partial charge on any atom is 0.338 e. The first-order valence-corrected chi connectivity index (χ1v) is 10.7. The summed E-state index contributed by atoms with van der Waals surface area (Å²) in [5.41, 5.74) is 1.29. The molecule has 0 unspecified atom stereocenters. The van der Waals surface area contributed by atoms with Crippen LogP contribution in [0.25, 0.3) is 20.4 Å². The number of rotatable bonds is 6. The number of hydrogen-bond donors (Lipinski definition) is 1. The number of nitrogens with one attached hydrogen (secondary N) is 1. The van der Waals surface area contributed by atoms with E-state index < -0.39 is 5.97 Å². The summed E-state index contributed by atoms with van der Waals surface area (Å²) < 4.78 is 6.84. The third kappa shape index (κ3) is 4.04. The molecule has 0 saturated carbocycles. The molecule has 0 atom stereocenters. The van der Waals surface area contributed by atoms with Crippen LogP contribution in [0.3, 0.4) is 0 Å². The molecule has 4 rings (SSSR count).